The monoisotopic (exact) mass is 646 g/mol. The molecular formula is C36H44ClFN6O2. The van der Waals surface area contributed by atoms with Crippen molar-refractivity contribution in [2.75, 3.05) is 57.0 Å². The van der Waals surface area contributed by atoms with Crippen LogP contribution in [-0.2, 0) is 4.79 Å². The molecule has 2 N–H and O–H groups in total. The molecule has 7 rings (SSSR count). The van der Waals surface area contributed by atoms with E-state index in [4.69, 9.17) is 16.3 Å². The van der Waals surface area contributed by atoms with Gasteiger partial charge in [0.2, 0.25) is 5.91 Å². The lowest BCUT2D eigenvalue weighted by Gasteiger charge is -2.51. The van der Waals surface area contributed by atoms with Crippen molar-refractivity contribution in [1.82, 2.24) is 19.8 Å². The lowest BCUT2D eigenvalue weighted by atomic mass is 9.58. The van der Waals surface area contributed by atoms with Crippen molar-refractivity contribution in [3.63, 3.8) is 0 Å². The van der Waals surface area contributed by atoms with Gasteiger partial charge in [-0.05, 0) is 106 Å². The number of halogens is 2. The molecule has 244 valence electrons. The molecule has 10 heteroatoms. The first-order chi connectivity index (χ1) is 22.3. The van der Waals surface area contributed by atoms with E-state index >= 15 is 0 Å². The second-order valence-electron chi connectivity index (χ2n) is 14.1. The number of fused-ring (bicyclic) bond motifs is 2. The Morgan fingerprint density at radius 1 is 1.11 bits per heavy atom. The number of hydrogen-bond acceptors (Lipinski definition) is 7. The Morgan fingerprint density at radius 2 is 1.87 bits per heavy atom. The molecule has 1 amide bonds. The standard InChI is InChI=1S/C36H44ClFN6O2/c1-43-13-10-36(11-14-43)18-24(19-36)22-46-33-17-31-28(35(40-23-39-31)41-27-8-9-30(38)29(37)15-27)16-32(33)42-34(45)7-4-12-44-20-25-5-2-3-6-26(25)21-44/h4,7-9,15-17,23-26H,2-3,5-6,10-14,18-22H2,1H3,(H,42,45)(H,39,40,41)/b7-4+. The molecule has 4 aliphatic rings. The highest BCUT2D eigenvalue weighted by Crippen LogP contribution is 2.52. The Labute approximate surface area is 275 Å². The summed E-state index contributed by atoms with van der Waals surface area (Å²) >= 11 is 6.02. The minimum Gasteiger partial charge on any atom is -0.491 e. The van der Waals surface area contributed by atoms with E-state index in [9.17, 15) is 9.18 Å². The SMILES string of the molecule is CN1CCC2(CC1)CC(COc1cc3ncnc(Nc4ccc(F)c(Cl)c4)c3cc1NC(=O)/C=C/CN1CC3CCCCC3C1)C2. The summed E-state index contributed by atoms with van der Waals surface area (Å²) in [6.07, 6.45) is 15.3. The van der Waals surface area contributed by atoms with Crippen molar-refractivity contribution in [2.24, 2.45) is 23.2 Å². The maximum Gasteiger partial charge on any atom is 0.248 e. The number of nitrogens with one attached hydrogen (secondary N) is 2. The molecule has 46 heavy (non-hydrogen) atoms. The van der Waals surface area contributed by atoms with Gasteiger partial charge < -0.3 is 20.3 Å². The lowest BCUT2D eigenvalue weighted by Crippen LogP contribution is -2.47. The highest BCUT2D eigenvalue weighted by molar-refractivity contribution is 6.31. The fourth-order valence-corrected chi connectivity index (χ4v) is 8.42. The minimum atomic E-state index is -0.490. The number of hydrogen-bond donors (Lipinski definition) is 2. The predicted octanol–water partition coefficient (Wildman–Crippen LogP) is 7.28. The van der Waals surface area contributed by atoms with E-state index in [0.29, 0.717) is 51.8 Å². The molecule has 2 aromatic carbocycles. The molecule has 2 atom stereocenters. The van der Waals surface area contributed by atoms with Crippen LogP contribution in [0.2, 0.25) is 5.02 Å². The summed E-state index contributed by atoms with van der Waals surface area (Å²) in [4.78, 5) is 27.1. The molecule has 1 aromatic heterocycles. The predicted molar refractivity (Wildman–Crippen MR) is 181 cm³/mol. The second-order valence-corrected chi connectivity index (χ2v) is 14.6. The Bertz CT molecular complexity index is 1590. The zero-order valence-corrected chi connectivity index (χ0v) is 27.4. The van der Waals surface area contributed by atoms with Crippen LogP contribution >= 0.6 is 11.6 Å². The third kappa shape index (κ3) is 7.02. The second kappa shape index (κ2) is 13.5. The summed E-state index contributed by atoms with van der Waals surface area (Å²) in [7, 11) is 2.20. The Morgan fingerprint density at radius 3 is 2.61 bits per heavy atom. The molecule has 2 unspecified atom stereocenters. The number of carbonyl (C=O) groups excluding carboxylic acids is 1. The van der Waals surface area contributed by atoms with Crippen LogP contribution in [0.15, 0.2) is 48.8 Å². The zero-order chi connectivity index (χ0) is 31.7. The molecule has 3 heterocycles. The normalized spacial score (nSPS) is 23.5. The van der Waals surface area contributed by atoms with E-state index in [1.165, 1.54) is 82.9 Å². The maximum absolute atomic E-state index is 13.8. The molecule has 0 bridgehead atoms. The minimum absolute atomic E-state index is 0.0181. The summed E-state index contributed by atoms with van der Waals surface area (Å²) in [6, 6.07) is 8.15. The van der Waals surface area contributed by atoms with Gasteiger partial charge in [-0.2, -0.15) is 0 Å². The highest BCUT2D eigenvalue weighted by atomic mass is 35.5. The third-order valence-corrected chi connectivity index (χ3v) is 11.1. The molecule has 8 nitrogen and oxygen atoms in total. The molecule has 0 radical (unpaired) electrons. The molecule has 4 fully saturated rings. The first kappa shape index (κ1) is 31.3. The molecular weight excluding hydrogens is 603 g/mol. The number of rotatable bonds is 9. The number of carbonyl (C=O) groups is 1. The van der Waals surface area contributed by atoms with Crippen molar-refractivity contribution < 1.29 is 13.9 Å². The van der Waals surface area contributed by atoms with E-state index in [-0.39, 0.29) is 10.9 Å². The average Bonchev–Trinajstić information content (AvgIpc) is 3.45. The van der Waals surface area contributed by atoms with E-state index < -0.39 is 5.82 Å². The number of aromatic nitrogens is 2. The topological polar surface area (TPSA) is 82.6 Å². The van der Waals surface area contributed by atoms with Crippen LogP contribution in [0.4, 0.5) is 21.6 Å². The summed E-state index contributed by atoms with van der Waals surface area (Å²) in [5.41, 5.74) is 2.30. The van der Waals surface area contributed by atoms with Gasteiger partial charge in [-0.3, -0.25) is 9.69 Å². The van der Waals surface area contributed by atoms with Gasteiger partial charge in [-0.1, -0.05) is 30.5 Å². The quantitative estimate of drug-likeness (QED) is 0.236. The number of amides is 1. The summed E-state index contributed by atoms with van der Waals surface area (Å²) < 4.78 is 20.2. The van der Waals surface area contributed by atoms with Gasteiger partial charge in [-0.15, -0.1) is 0 Å². The molecule has 2 saturated heterocycles. The molecule has 2 saturated carbocycles. The van der Waals surface area contributed by atoms with E-state index in [1.54, 1.807) is 12.1 Å². The number of anilines is 3. The number of ether oxygens (including phenoxy) is 1. The van der Waals surface area contributed by atoms with Gasteiger partial charge in [0, 0.05) is 42.9 Å². The fraction of sp³-hybridized carbons (Fsp3) is 0.528. The first-order valence-electron chi connectivity index (χ1n) is 16.8. The van der Waals surface area contributed by atoms with Crippen LogP contribution in [0.3, 0.4) is 0 Å². The molecule has 2 aliphatic heterocycles. The lowest BCUT2D eigenvalue weighted by molar-refractivity contribution is -0.111. The van der Waals surface area contributed by atoms with Gasteiger partial charge in [0.1, 0.15) is 23.7 Å². The van der Waals surface area contributed by atoms with Crippen LogP contribution in [0.25, 0.3) is 10.9 Å². The fourth-order valence-electron chi connectivity index (χ4n) is 8.24. The van der Waals surface area contributed by atoms with E-state index in [0.717, 1.165) is 31.5 Å². The Hall–Kier alpha value is -3.27. The molecule has 3 aromatic rings. The van der Waals surface area contributed by atoms with Gasteiger partial charge in [-0.25, -0.2) is 14.4 Å². The average molecular weight is 647 g/mol. The van der Waals surface area contributed by atoms with Crippen LogP contribution in [0.1, 0.15) is 51.4 Å². The number of nitrogens with zero attached hydrogens (tertiary/aromatic N) is 4. The summed E-state index contributed by atoms with van der Waals surface area (Å²) in [5.74, 6) is 2.55. The van der Waals surface area contributed by atoms with Crippen LogP contribution in [0.5, 0.6) is 5.75 Å². The smallest absolute Gasteiger partial charge is 0.248 e. The van der Waals surface area contributed by atoms with E-state index in [2.05, 4.69) is 37.4 Å². The van der Waals surface area contributed by atoms with E-state index in [1.807, 2.05) is 18.2 Å². The van der Waals surface area contributed by atoms with Gasteiger partial charge in [0.15, 0.2) is 0 Å². The Kier molecular flexibility index (Phi) is 9.17. The van der Waals surface area contributed by atoms with Crippen LogP contribution in [0, 0.1) is 29.0 Å². The molecule has 2 aliphatic carbocycles. The largest absolute Gasteiger partial charge is 0.491 e. The number of likely N-dealkylation sites (tertiary alicyclic amines) is 2. The van der Waals surface area contributed by atoms with Gasteiger partial charge in [0.05, 0.1) is 22.8 Å². The van der Waals surface area contributed by atoms with Crippen molar-refractivity contribution in [3.8, 4) is 5.75 Å². The van der Waals surface area contributed by atoms with Crippen molar-refractivity contribution in [1.29, 1.82) is 0 Å². The molecule has 1 spiro atoms. The first-order valence-corrected chi connectivity index (χ1v) is 17.2. The van der Waals surface area contributed by atoms with Gasteiger partial charge in [0.25, 0.3) is 0 Å². The Balaban J connectivity index is 1.07. The summed E-state index contributed by atoms with van der Waals surface area (Å²) in [6.45, 7) is 5.98. The summed E-state index contributed by atoms with van der Waals surface area (Å²) in [5, 5.41) is 7.02. The van der Waals surface area contributed by atoms with Crippen LogP contribution < -0.4 is 15.4 Å². The number of benzene rings is 2. The maximum atomic E-state index is 13.8. The van der Waals surface area contributed by atoms with Crippen molar-refractivity contribution in [2.45, 2.75) is 51.4 Å². The van der Waals surface area contributed by atoms with Gasteiger partial charge >= 0.3 is 0 Å². The van der Waals surface area contributed by atoms with Crippen LogP contribution in [-0.4, -0.2) is 72.1 Å². The van der Waals surface area contributed by atoms with Crippen molar-refractivity contribution >= 4 is 45.6 Å². The highest BCUT2D eigenvalue weighted by Gasteiger charge is 2.45. The van der Waals surface area contributed by atoms with Crippen molar-refractivity contribution in [3.05, 3.63) is 59.7 Å². The zero-order valence-electron chi connectivity index (χ0n) is 26.6. The number of piperidine rings is 1. The third-order valence-electron chi connectivity index (χ3n) is 10.8.